The Morgan fingerprint density at radius 1 is 0.919 bits per heavy atom. The number of amides is 1. The number of anilines is 1. The maximum Gasteiger partial charge on any atom is 0.410 e. The molecule has 194 valence electrons. The molecule has 37 heavy (non-hydrogen) atoms. The first-order valence-corrected chi connectivity index (χ1v) is 12.7. The lowest BCUT2D eigenvalue weighted by Crippen LogP contribution is -2.50. The van der Waals surface area contributed by atoms with E-state index in [2.05, 4.69) is 19.9 Å². The third-order valence-corrected chi connectivity index (χ3v) is 6.84. The van der Waals surface area contributed by atoms with Crippen LogP contribution in [0.1, 0.15) is 20.8 Å². The van der Waals surface area contributed by atoms with Crippen molar-refractivity contribution in [2.75, 3.05) is 45.3 Å². The van der Waals surface area contributed by atoms with Crippen molar-refractivity contribution in [3.63, 3.8) is 0 Å². The molecule has 0 atom stereocenters. The van der Waals surface area contributed by atoms with Crippen LogP contribution in [-0.4, -0.2) is 81.6 Å². The Labute approximate surface area is 218 Å². The molecule has 4 heterocycles. The van der Waals surface area contributed by atoms with Gasteiger partial charge in [-0.3, -0.25) is 0 Å². The minimum atomic E-state index is -0.508. The number of methoxy groups -OCH3 is 2. The molecule has 4 aromatic rings. The molecule has 1 amide bonds. The Balaban J connectivity index is 1.30. The molecule has 12 heteroatoms. The van der Waals surface area contributed by atoms with Crippen LogP contribution < -0.4 is 14.4 Å². The summed E-state index contributed by atoms with van der Waals surface area (Å²) in [6, 6.07) is 5.70. The fraction of sp³-hybridized carbons (Fsp3) is 0.400. The number of benzene rings is 1. The van der Waals surface area contributed by atoms with Gasteiger partial charge in [-0.15, -0.1) is 0 Å². The van der Waals surface area contributed by atoms with E-state index in [9.17, 15) is 4.79 Å². The summed E-state index contributed by atoms with van der Waals surface area (Å²) in [5, 5.41) is 5.58. The average molecular weight is 524 g/mol. The summed E-state index contributed by atoms with van der Waals surface area (Å²) in [6.07, 6.45) is 5.04. The second-order valence-corrected chi connectivity index (χ2v) is 10.5. The average Bonchev–Trinajstić information content (AvgIpc) is 3.49. The highest BCUT2D eigenvalue weighted by Crippen LogP contribution is 2.35. The van der Waals surface area contributed by atoms with Crippen molar-refractivity contribution in [2.24, 2.45) is 0 Å². The Bertz CT molecular complexity index is 1400. The Hall–Kier alpha value is -3.93. The SMILES string of the molecule is COc1ccc(-c2nn3c(-c4cnc(N5CCN(C(=O)OC(C)(C)C)CC5)nc4)cnc3s2)cc1OC. The van der Waals surface area contributed by atoms with Crippen LogP contribution in [0.2, 0.25) is 0 Å². The minimum Gasteiger partial charge on any atom is -0.493 e. The third-order valence-electron chi connectivity index (χ3n) is 5.86. The molecule has 0 N–H and O–H groups in total. The lowest BCUT2D eigenvalue weighted by Gasteiger charge is -2.35. The van der Waals surface area contributed by atoms with Gasteiger partial charge < -0.3 is 24.0 Å². The Morgan fingerprint density at radius 3 is 2.27 bits per heavy atom. The summed E-state index contributed by atoms with van der Waals surface area (Å²) >= 11 is 1.48. The lowest BCUT2D eigenvalue weighted by atomic mass is 10.2. The third kappa shape index (κ3) is 5.15. The molecule has 1 aromatic carbocycles. The molecule has 1 saturated heterocycles. The van der Waals surface area contributed by atoms with E-state index < -0.39 is 5.60 Å². The van der Waals surface area contributed by atoms with E-state index in [1.807, 2.05) is 39.0 Å². The zero-order valence-electron chi connectivity index (χ0n) is 21.5. The molecule has 0 spiro atoms. The fourth-order valence-corrected chi connectivity index (χ4v) is 4.88. The van der Waals surface area contributed by atoms with Gasteiger partial charge >= 0.3 is 6.09 Å². The van der Waals surface area contributed by atoms with Gasteiger partial charge in [0.05, 0.1) is 26.1 Å². The number of hydrogen-bond acceptors (Lipinski definition) is 10. The molecular weight excluding hydrogens is 494 g/mol. The largest absolute Gasteiger partial charge is 0.493 e. The van der Waals surface area contributed by atoms with E-state index in [0.717, 1.165) is 26.8 Å². The molecule has 1 aliphatic rings. The summed E-state index contributed by atoms with van der Waals surface area (Å²) in [5.41, 5.74) is 2.02. The number of carbonyl (C=O) groups is 1. The van der Waals surface area contributed by atoms with Gasteiger partial charge in [-0.25, -0.2) is 24.3 Å². The number of hydrogen-bond donors (Lipinski definition) is 0. The predicted molar refractivity (Wildman–Crippen MR) is 140 cm³/mol. The molecule has 0 bridgehead atoms. The maximum atomic E-state index is 12.3. The van der Waals surface area contributed by atoms with E-state index in [4.69, 9.17) is 19.3 Å². The van der Waals surface area contributed by atoms with Crippen LogP contribution >= 0.6 is 11.3 Å². The number of piperazine rings is 1. The van der Waals surface area contributed by atoms with Crippen LogP contribution in [-0.2, 0) is 4.74 Å². The molecule has 0 unspecified atom stereocenters. The van der Waals surface area contributed by atoms with Crippen molar-refractivity contribution in [2.45, 2.75) is 26.4 Å². The van der Waals surface area contributed by atoms with Crippen molar-refractivity contribution in [3.8, 4) is 33.3 Å². The molecule has 1 aliphatic heterocycles. The number of ether oxygens (including phenoxy) is 3. The van der Waals surface area contributed by atoms with Crippen molar-refractivity contribution >= 4 is 28.3 Å². The van der Waals surface area contributed by atoms with Crippen LogP contribution in [0.3, 0.4) is 0 Å². The standard InChI is InChI=1S/C25H29N7O4S/c1-25(2,3)36-24(33)31-10-8-30(9-11-31)22-26-13-17(14-27-22)18-15-28-23-32(18)29-21(37-23)16-6-7-19(34-4)20(12-16)35-5/h6-7,12-15H,8-11H2,1-5H3. The zero-order valence-corrected chi connectivity index (χ0v) is 22.3. The monoisotopic (exact) mass is 523 g/mol. The summed E-state index contributed by atoms with van der Waals surface area (Å²) in [4.78, 5) is 30.6. The van der Waals surface area contributed by atoms with Gasteiger partial charge in [0.15, 0.2) is 11.5 Å². The second-order valence-electron chi connectivity index (χ2n) is 9.54. The molecule has 0 radical (unpaired) electrons. The first-order valence-electron chi connectivity index (χ1n) is 11.9. The van der Waals surface area contributed by atoms with Crippen molar-refractivity contribution in [1.82, 2.24) is 29.5 Å². The quantitative estimate of drug-likeness (QED) is 0.384. The molecule has 11 nitrogen and oxygen atoms in total. The Kier molecular flexibility index (Phi) is 6.59. The molecular formula is C25H29N7O4S. The van der Waals surface area contributed by atoms with Gasteiger partial charge in [0.1, 0.15) is 10.6 Å². The normalized spacial score (nSPS) is 14.2. The number of carbonyl (C=O) groups excluding carboxylic acids is 1. The van der Waals surface area contributed by atoms with E-state index >= 15 is 0 Å². The van der Waals surface area contributed by atoms with E-state index in [1.165, 1.54) is 11.3 Å². The number of fused-ring (bicyclic) bond motifs is 1. The summed E-state index contributed by atoms with van der Waals surface area (Å²) < 4.78 is 18.0. The van der Waals surface area contributed by atoms with Crippen molar-refractivity contribution in [1.29, 1.82) is 0 Å². The van der Waals surface area contributed by atoms with E-state index in [0.29, 0.717) is 43.6 Å². The lowest BCUT2D eigenvalue weighted by molar-refractivity contribution is 0.0240. The smallest absolute Gasteiger partial charge is 0.410 e. The maximum absolute atomic E-state index is 12.3. The molecule has 3 aromatic heterocycles. The van der Waals surface area contributed by atoms with Crippen molar-refractivity contribution in [3.05, 3.63) is 36.8 Å². The highest BCUT2D eigenvalue weighted by Gasteiger charge is 2.27. The van der Waals surface area contributed by atoms with Gasteiger partial charge in [0, 0.05) is 49.7 Å². The highest BCUT2D eigenvalue weighted by atomic mass is 32.1. The first kappa shape index (κ1) is 24.8. The van der Waals surface area contributed by atoms with Crippen molar-refractivity contribution < 1.29 is 19.0 Å². The summed E-state index contributed by atoms with van der Waals surface area (Å²) in [6.45, 7) is 7.99. The highest BCUT2D eigenvalue weighted by molar-refractivity contribution is 7.19. The van der Waals surface area contributed by atoms with Crippen LogP contribution in [0.15, 0.2) is 36.8 Å². The number of aromatic nitrogens is 5. The van der Waals surface area contributed by atoms with Crippen LogP contribution in [0.25, 0.3) is 26.8 Å². The van der Waals surface area contributed by atoms with Crippen LogP contribution in [0.4, 0.5) is 10.7 Å². The molecule has 0 aliphatic carbocycles. The molecule has 5 rings (SSSR count). The topological polar surface area (TPSA) is 107 Å². The van der Waals surface area contributed by atoms with Gasteiger partial charge in [-0.05, 0) is 39.0 Å². The van der Waals surface area contributed by atoms with Crippen LogP contribution in [0, 0.1) is 0 Å². The number of rotatable bonds is 5. The second kappa shape index (κ2) is 9.85. The van der Waals surface area contributed by atoms with Crippen LogP contribution in [0.5, 0.6) is 11.5 Å². The minimum absolute atomic E-state index is 0.288. The van der Waals surface area contributed by atoms with Gasteiger partial charge in [-0.1, -0.05) is 11.3 Å². The van der Waals surface area contributed by atoms with Gasteiger partial charge in [0.2, 0.25) is 10.9 Å². The fourth-order valence-electron chi connectivity index (χ4n) is 4.01. The van der Waals surface area contributed by atoms with E-state index in [1.54, 1.807) is 42.2 Å². The zero-order chi connectivity index (χ0) is 26.2. The molecule has 1 fully saturated rings. The number of nitrogens with zero attached hydrogens (tertiary/aromatic N) is 7. The number of imidazole rings is 1. The summed E-state index contributed by atoms with van der Waals surface area (Å²) in [5.74, 6) is 1.93. The first-order chi connectivity index (χ1) is 17.8. The molecule has 0 saturated carbocycles. The predicted octanol–water partition coefficient (Wildman–Crippen LogP) is 3.99. The van der Waals surface area contributed by atoms with Gasteiger partial charge in [-0.2, -0.15) is 5.10 Å². The van der Waals surface area contributed by atoms with E-state index in [-0.39, 0.29) is 6.09 Å². The summed E-state index contributed by atoms with van der Waals surface area (Å²) in [7, 11) is 3.22. The Morgan fingerprint density at radius 2 is 1.62 bits per heavy atom. The van der Waals surface area contributed by atoms with Gasteiger partial charge in [0.25, 0.3) is 0 Å².